The number of thioether (sulfide) groups is 1. The molecule has 0 aromatic heterocycles. The lowest BCUT2D eigenvalue weighted by atomic mass is 10.2. The first-order chi connectivity index (χ1) is 11.4. The zero-order valence-corrected chi connectivity index (χ0v) is 15.4. The van der Waals surface area contributed by atoms with Crippen molar-refractivity contribution in [2.24, 2.45) is 5.92 Å². The fourth-order valence-corrected chi connectivity index (χ4v) is 3.15. The van der Waals surface area contributed by atoms with Crippen LogP contribution in [0.15, 0.2) is 47.4 Å². The van der Waals surface area contributed by atoms with Crippen LogP contribution in [0.1, 0.15) is 6.92 Å². The van der Waals surface area contributed by atoms with Crippen LogP contribution in [-0.4, -0.2) is 17.4 Å². The highest BCUT2D eigenvalue weighted by Crippen LogP contribution is 2.22. The average Bonchev–Trinajstić information content (AvgIpc) is 2.51. The topological polar surface area (TPSA) is 24.1 Å². The van der Waals surface area contributed by atoms with Crippen LogP contribution in [0.5, 0.6) is 0 Å². The molecule has 0 fully saturated rings. The van der Waals surface area contributed by atoms with Crippen molar-refractivity contribution in [3.05, 3.63) is 59.1 Å². The van der Waals surface area contributed by atoms with Crippen LogP contribution in [-0.2, 0) is 0 Å². The Morgan fingerprint density at radius 1 is 1.17 bits per heavy atom. The lowest BCUT2D eigenvalue weighted by Crippen LogP contribution is -2.32. The molecule has 24 heavy (non-hydrogen) atoms. The van der Waals surface area contributed by atoms with Crippen molar-refractivity contribution in [3.63, 3.8) is 0 Å². The predicted molar refractivity (Wildman–Crippen MR) is 102 cm³/mol. The summed E-state index contributed by atoms with van der Waals surface area (Å²) in [5.41, 5.74) is 0.285. The van der Waals surface area contributed by atoms with Gasteiger partial charge in [0.2, 0.25) is 0 Å². The molecule has 0 spiro atoms. The zero-order chi connectivity index (χ0) is 17.5. The monoisotopic (exact) mass is 386 g/mol. The van der Waals surface area contributed by atoms with E-state index in [1.807, 2.05) is 24.3 Å². The second kappa shape index (κ2) is 9.20. The van der Waals surface area contributed by atoms with Gasteiger partial charge in [-0.05, 0) is 54.5 Å². The van der Waals surface area contributed by atoms with Crippen LogP contribution in [0, 0.1) is 17.6 Å². The molecule has 128 valence electrons. The van der Waals surface area contributed by atoms with Gasteiger partial charge in [-0.1, -0.05) is 18.5 Å². The van der Waals surface area contributed by atoms with E-state index in [4.69, 9.17) is 23.8 Å². The molecule has 2 aromatic carbocycles. The van der Waals surface area contributed by atoms with Gasteiger partial charge >= 0.3 is 0 Å². The van der Waals surface area contributed by atoms with E-state index >= 15 is 0 Å². The van der Waals surface area contributed by atoms with Crippen LogP contribution < -0.4 is 10.6 Å². The molecule has 0 aliphatic carbocycles. The molecule has 0 radical (unpaired) electrons. The number of nitrogens with one attached hydrogen (secondary N) is 2. The highest BCUT2D eigenvalue weighted by molar-refractivity contribution is 7.99. The van der Waals surface area contributed by atoms with Crippen molar-refractivity contribution in [3.8, 4) is 0 Å². The largest absolute Gasteiger partial charge is 0.362 e. The van der Waals surface area contributed by atoms with Gasteiger partial charge in [0.15, 0.2) is 5.11 Å². The SMILES string of the molecule is C[C@H](CNC(=S)Nc1cc(F)cc(F)c1)CSc1ccc(Cl)cc1. The zero-order valence-electron chi connectivity index (χ0n) is 13.0. The number of hydrogen-bond donors (Lipinski definition) is 2. The second-order valence-corrected chi connectivity index (χ2v) is 7.30. The van der Waals surface area contributed by atoms with Gasteiger partial charge in [-0.15, -0.1) is 11.8 Å². The quantitative estimate of drug-likeness (QED) is 0.517. The maximum Gasteiger partial charge on any atom is 0.170 e. The first-order valence-electron chi connectivity index (χ1n) is 7.31. The molecule has 2 N–H and O–H groups in total. The fourth-order valence-electron chi connectivity index (χ4n) is 1.90. The number of rotatable bonds is 6. The lowest BCUT2D eigenvalue weighted by molar-refractivity contribution is 0.584. The van der Waals surface area contributed by atoms with Crippen molar-refractivity contribution in [1.82, 2.24) is 5.32 Å². The summed E-state index contributed by atoms with van der Waals surface area (Å²) in [7, 11) is 0. The van der Waals surface area contributed by atoms with Crippen molar-refractivity contribution in [1.29, 1.82) is 0 Å². The van der Waals surface area contributed by atoms with Gasteiger partial charge in [-0.2, -0.15) is 0 Å². The molecule has 0 amide bonds. The minimum absolute atomic E-state index is 0.285. The Hall–Kier alpha value is -1.37. The Kier molecular flexibility index (Phi) is 7.27. The van der Waals surface area contributed by atoms with E-state index in [1.165, 1.54) is 12.1 Å². The Balaban J connectivity index is 1.73. The number of benzene rings is 2. The molecule has 2 rings (SSSR count). The molecule has 1 atom stereocenters. The summed E-state index contributed by atoms with van der Waals surface area (Å²) in [5.74, 6) is -0.0259. The summed E-state index contributed by atoms with van der Waals surface area (Å²) < 4.78 is 26.2. The standard InChI is InChI=1S/C17H17ClF2N2S2/c1-11(10-24-16-4-2-12(18)3-5-16)9-21-17(23)22-15-7-13(19)6-14(20)8-15/h2-8,11H,9-10H2,1H3,(H2,21,22,23)/t11-/m1/s1. The molecular weight excluding hydrogens is 370 g/mol. The van der Waals surface area contributed by atoms with Crippen molar-refractivity contribution in [2.45, 2.75) is 11.8 Å². The second-order valence-electron chi connectivity index (χ2n) is 5.36. The van der Waals surface area contributed by atoms with Gasteiger partial charge in [0.1, 0.15) is 11.6 Å². The smallest absolute Gasteiger partial charge is 0.170 e. The first kappa shape index (κ1) is 19.0. The lowest BCUT2D eigenvalue weighted by Gasteiger charge is -2.15. The Labute approximate surface area is 155 Å². The summed E-state index contributed by atoms with van der Waals surface area (Å²) in [6.45, 7) is 2.75. The third-order valence-corrected chi connectivity index (χ3v) is 4.92. The maximum atomic E-state index is 13.1. The maximum absolute atomic E-state index is 13.1. The molecule has 0 heterocycles. The van der Waals surface area contributed by atoms with Gasteiger partial charge in [-0.3, -0.25) is 0 Å². The number of thiocarbonyl (C=S) groups is 1. The predicted octanol–water partition coefficient (Wildman–Crippen LogP) is 5.33. The van der Waals surface area contributed by atoms with E-state index in [0.29, 0.717) is 17.6 Å². The van der Waals surface area contributed by atoms with E-state index in [1.54, 1.807) is 11.8 Å². The molecule has 0 saturated carbocycles. The number of anilines is 1. The van der Waals surface area contributed by atoms with Crippen LogP contribution >= 0.6 is 35.6 Å². The Bertz CT molecular complexity index is 675. The summed E-state index contributed by atoms with van der Waals surface area (Å²) in [6.07, 6.45) is 0. The van der Waals surface area contributed by atoms with Gasteiger partial charge in [0.25, 0.3) is 0 Å². The minimum Gasteiger partial charge on any atom is -0.362 e. The van der Waals surface area contributed by atoms with Crippen molar-refractivity contribution in [2.75, 3.05) is 17.6 Å². The molecule has 2 aromatic rings. The van der Waals surface area contributed by atoms with Gasteiger partial charge in [0, 0.05) is 34.0 Å². The van der Waals surface area contributed by atoms with Crippen molar-refractivity contribution < 1.29 is 8.78 Å². The molecule has 2 nitrogen and oxygen atoms in total. The third kappa shape index (κ3) is 6.63. The summed E-state index contributed by atoms with van der Waals surface area (Å²) in [4.78, 5) is 1.15. The van der Waals surface area contributed by atoms with E-state index in [2.05, 4.69) is 17.6 Å². The van der Waals surface area contributed by atoms with Crippen molar-refractivity contribution >= 4 is 46.4 Å². The van der Waals surface area contributed by atoms with Crippen LogP contribution in [0.4, 0.5) is 14.5 Å². The molecule has 0 aliphatic heterocycles. The Morgan fingerprint density at radius 3 is 2.42 bits per heavy atom. The van der Waals surface area contributed by atoms with E-state index in [0.717, 1.165) is 21.7 Å². The molecule has 7 heteroatoms. The Morgan fingerprint density at radius 2 is 1.79 bits per heavy atom. The van der Waals surface area contributed by atoms with Gasteiger partial charge in [0.05, 0.1) is 0 Å². The van der Waals surface area contributed by atoms with E-state index in [-0.39, 0.29) is 5.69 Å². The number of halogens is 3. The van der Waals surface area contributed by atoms with Gasteiger partial charge in [-0.25, -0.2) is 8.78 Å². The highest BCUT2D eigenvalue weighted by atomic mass is 35.5. The highest BCUT2D eigenvalue weighted by Gasteiger charge is 2.06. The summed E-state index contributed by atoms with van der Waals surface area (Å²) in [6, 6.07) is 10.9. The molecule has 0 unspecified atom stereocenters. The van der Waals surface area contributed by atoms with Crippen LogP contribution in [0.25, 0.3) is 0 Å². The average molecular weight is 387 g/mol. The fraction of sp³-hybridized carbons (Fsp3) is 0.235. The normalized spacial score (nSPS) is 11.8. The molecular formula is C17H17ClF2N2S2. The summed E-state index contributed by atoms with van der Waals surface area (Å²) >= 11 is 12.7. The van der Waals surface area contributed by atoms with Gasteiger partial charge < -0.3 is 10.6 Å². The first-order valence-corrected chi connectivity index (χ1v) is 9.09. The molecule has 0 bridgehead atoms. The third-order valence-electron chi connectivity index (χ3n) is 3.08. The minimum atomic E-state index is -0.645. The molecule has 0 saturated heterocycles. The summed E-state index contributed by atoms with van der Waals surface area (Å²) in [5, 5.41) is 6.89. The molecule has 0 aliphatic rings. The van der Waals surface area contributed by atoms with Crippen LogP contribution in [0.3, 0.4) is 0 Å². The van der Waals surface area contributed by atoms with E-state index in [9.17, 15) is 8.78 Å². The van der Waals surface area contributed by atoms with Crippen LogP contribution in [0.2, 0.25) is 5.02 Å². The number of hydrogen-bond acceptors (Lipinski definition) is 2. The van der Waals surface area contributed by atoms with E-state index < -0.39 is 11.6 Å².